The van der Waals surface area contributed by atoms with Crippen molar-refractivity contribution in [3.63, 3.8) is 0 Å². The molecule has 5 heteroatoms. The standard InChI is InChI=1S/C14H18N2O3/c1-10(14(18)19)16(12-3-4-12)13(17)5-2-11-6-8-15-9-7-11/h6-10,12H,2-5H2,1H3,(H,18,19). The molecule has 1 aromatic heterocycles. The van der Waals surface area contributed by atoms with Crippen LogP contribution in [0.3, 0.4) is 0 Å². The fourth-order valence-electron chi connectivity index (χ4n) is 2.14. The molecule has 1 heterocycles. The molecule has 0 aromatic carbocycles. The van der Waals surface area contributed by atoms with Gasteiger partial charge in [-0.05, 0) is 43.9 Å². The number of hydrogen-bond acceptors (Lipinski definition) is 3. The zero-order chi connectivity index (χ0) is 13.8. The number of aromatic nitrogens is 1. The van der Waals surface area contributed by atoms with Gasteiger partial charge in [0.15, 0.2) is 0 Å². The summed E-state index contributed by atoms with van der Waals surface area (Å²) in [4.78, 5) is 28.7. The van der Waals surface area contributed by atoms with Gasteiger partial charge in [-0.2, -0.15) is 0 Å². The maximum absolute atomic E-state index is 12.2. The lowest BCUT2D eigenvalue weighted by atomic mass is 10.1. The van der Waals surface area contributed by atoms with Gasteiger partial charge in [-0.25, -0.2) is 4.79 Å². The minimum Gasteiger partial charge on any atom is -0.480 e. The minimum atomic E-state index is -0.941. The first-order valence-electron chi connectivity index (χ1n) is 6.52. The van der Waals surface area contributed by atoms with E-state index in [1.54, 1.807) is 19.3 Å². The van der Waals surface area contributed by atoms with Crippen LogP contribution in [-0.4, -0.2) is 39.0 Å². The van der Waals surface area contributed by atoms with Gasteiger partial charge in [0.1, 0.15) is 6.04 Å². The Morgan fingerprint density at radius 2 is 2.05 bits per heavy atom. The van der Waals surface area contributed by atoms with E-state index in [2.05, 4.69) is 4.98 Å². The van der Waals surface area contributed by atoms with Gasteiger partial charge in [-0.3, -0.25) is 9.78 Å². The van der Waals surface area contributed by atoms with Crippen molar-refractivity contribution < 1.29 is 14.7 Å². The van der Waals surface area contributed by atoms with Gasteiger partial charge < -0.3 is 10.0 Å². The summed E-state index contributed by atoms with van der Waals surface area (Å²) in [5.74, 6) is -1.02. The van der Waals surface area contributed by atoms with E-state index in [0.717, 1.165) is 18.4 Å². The van der Waals surface area contributed by atoms with Crippen LogP contribution in [0.25, 0.3) is 0 Å². The lowest BCUT2D eigenvalue weighted by Gasteiger charge is -2.26. The van der Waals surface area contributed by atoms with Gasteiger partial charge in [-0.1, -0.05) is 0 Å². The van der Waals surface area contributed by atoms with Crippen molar-refractivity contribution in [2.45, 2.75) is 44.7 Å². The second-order valence-corrected chi connectivity index (χ2v) is 4.90. The van der Waals surface area contributed by atoms with E-state index in [-0.39, 0.29) is 11.9 Å². The first kappa shape index (κ1) is 13.5. The molecule has 1 N–H and O–H groups in total. The third kappa shape index (κ3) is 3.53. The largest absolute Gasteiger partial charge is 0.480 e. The van der Waals surface area contributed by atoms with Crippen LogP contribution in [0.5, 0.6) is 0 Å². The number of amides is 1. The van der Waals surface area contributed by atoms with Crippen LogP contribution < -0.4 is 0 Å². The molecular weight excluding hydrogens is 244 g/mol. The molecule has 1 fully saturated rings. The first-order chi connectivity index (χ1) is 9.09. The van der Waals surface area contributed by atoms with Gasteiger partial charge in [0.25, 0.3) is 0 Å². The van der Waals surface area contributed by atoms with Crippen molar-refractivity contribution in [1.82, 2.24) is 9.88 Å². The number of pyridine rings is 1. The third-order valence-electron chi connectivity index (χ3n) is 3.38. The molecule has 102 valence electrons. The molecule has 1 aliphatic rings. The lowest BCUT2D eigenvalue weighted by molar-refractivity contribution is -0.150. The summed E-state index contributed by atoms with van der Waals surface area (Å²) in [7, 11) is 0. The van der Waals surface area contributed by atoms with Gasteiger partial charge in [-0.15, -0.1) is 0 Å². The Kier molecular flexibility index (Phi) is 4.14. The average molecular weight is 262 g/mol. The first-order valence-corrected chi connectivity index (χ1v) is 6.52. The molecular formula is C14H18N2O3. The Morgan fingerprint density at radius 3 is 2.58 bits per heavy atom. The Labute approximate surface area is 112 Å². The summed E-state index contributed by atoms with van der Waals surface area (Å²) < 4.78 is 0. The van der Waals surface area contributed by atoms with Crippen LogP contribution in [0.15, 0.2) is 24.5 Å². The number of carboxylic acids is 1. The topological polar surface area (TPSA) is 70.5 Å². The number of aliphatic carboxylic acids is 1. The molecule has 5 nitrogen and oxygen atoms in total. The number of carbonyl (C=O) groups is 2. The van der Waals surface area contributed by atoms with Crippen molar-refractivity contribution in [2.75, 3.05) is 0 Å². The minimum absolute atomic E-state index is 0.0748. The number of aryl methyl sites for hydroxylation is 1. The monoisotopic (exact) mass is 262 g/mol. The zero-order valence-electron chi connectivity index (χ0n) is 11.0. The molecule has 1 aliphatic carbocycles. The van der Waals surface area contributed by atoms with E-state index in [1.807, 2.05) is 12.1 Å². The maximum Gasteiger partial charge on any atom is 0.326 e. The van der Waals surface area contributed by atoms with E-state index < -0.39 is 12.0 Å². The molecule has 19 heavy (non-hydrogen) atoms. The number of carboxylic acid groups (broad SMARTS) is 1. The predicted molar refractivity (Wildman–Crippen MR) is 69.5 cm³/mol. The molecule has 0 saturated heterocycles. The summed E-state index contributed by atoms with van der Waals surface area (Å²) in [6.07, 6.45) is 6.18. The van der Waals surface area contributed by atoms with Crippen LogP contribution in [-0.2, 0) is 16.0 Å². The highest BCUT2D eigenvalue weighted by Gasteiger charge is 2.37. The van der Waals surface area contributed by atoms with Crippen molar-refractivity contribution in [3.05, 3.63) is 30.1 Å². The van der Waals surface area contributed by atoms with Crippen molar-refractivity contribution >= 4 is 11.9 Å². The predicted octanol–water partition coefficient (Wildman–Crippen LogP) is 1.48. The molecule has 0 bridgehead atoms. The van der Waals surface area contributed by atoms with Crippen LogP contribution >= 0.6 is 0 Å². The van der Waals surface area contributed by atoms with Gasteiger partial charge >= 0.3 is 5.97 Å². The highest BCUT2D eigenvalue weighted by molar-refractivity contribution is 5.84. The van der Waals surface area contributed by atoms with E-state index in [1.165, 1.54) is 4.90 Å². The van der Waals surface area contributed by atoms with Crippen LogP contribution in [0.4, 0.5) is 0 Å². The Bertz CT molecular complexity index is 457. The fourth-order valence-corrected chi connectivity index (χ4v) is 2.14. The third-order valence-corrected chi connectivity index (χ3v) is 3.38. The average Bonchev–Trinajstić information content (AvgIpc) is 3.22. The van der Waals surface area contributed by atoms with Gasteiger partial charge in [0.05, 0.1) is 0 Å². The SMILES string of the molecule is CC(C(=O)O)N(C(=O)CCc1ccncc1)C1CC1. The Balaban J connectivity index is 1.95. The van der Waals surface area contributed by atoms with Crippen LogP contribution in [0.2, 0.25) is 0 Å². The molecule has 1 aromatic rings. The molecule has 1 unspecified atom stereocenters. The van der Waals surface area contributed by atoms with Crippen LogP contribution in [0.1, 0.15) is 31.7 Å². The van der Waals surface area contributed by atoms with Gasteiger partial charge in [0, 0.05) is 24.9 Å². The molecule has 0 radical (unpaired) electrons. The highest BCUT2D eigenvalue weighted by atomic mass is 16.4. The normalized spacial score (nSPS) is 15.8. The number of nitrogens with zero attached hydrogens (tertiary/aromatic N) is 2. The summed E-state index contributed by atoms with van der Waals surface area (Å²) in [5, 5.41) is 9.06. The van der Waals surface area contributed by atoms with Crippen LogP contribution in [0, 0.1) is 0 Å². The number of carbonyl (C=O) groups excluding carboxylic acids is 1. The highest BCUT2D eigenvalue weighted by Crippen LogP contribution is 2.29. The quantitative estimate of drug-likeness (QED) is 0.843. The molecule has 2 rings (SSSR count). The Hall–Kier alpha value is -1.91. The van der Waals surface area contributed by atoms with Crippen molar-refractivity contribution in [2.24, 2.45) is 0 Å². The smallest absolute Gasteiger partial charge is 0.326 e. The summed E-state index contributed by atoms with van der Waals surface area (Å²) in [6, 6.07) is 3.12. The zero-order valence-corrected chi connectivity index (χ0v) is 11.0. The molecule has 1 atom stereocenters. The lowest BCUT2D eigenvalue weighted by Crippen LogP contribution is -2.44. The maximum atomic E-state index is 12.2. The number of hydrogen-bond donors (Lipinski definition) is 1. The molecule has 0 aliphatic heterocycles. The van der Waals surface area contributed by atoms with E-state index in [9.17, 15) is 9.59 Å². The molecule has 0 spiro atoms. The van der Waals surface area contributed by atoms with E-state index >= 15 is 0 Å². The van der Waals surface area contributed by atoms with E-state index in [4.69, 9.17) is 5.11 Å². The summed E-state index contributed by atoms with van der Waals surface area (Å²) >= 11 is 0. The Morgan fingerprint density at radius 1 is 1.42 bits per heavy atom. The fraction of sp³-hybridized carbons (Fsp3) is 0.500. The second kappa shape index (κ2) is 5.82. The number of rotatable bonds is 6. The molecule has 1 amide bonds. The van der Waals surface area contributed by atoms with Crippen molar-refractivity contribution in [1.29, 1.82) is 0 Å². The molecule has 1 saturated carbocycles. The van der Waals surface area contributed by atoms with E-state index in [0.29, 0.717) is 12.8 Å². The van der Waals surface area contributed by atoms with Gasteiger partial charge in [0.2, 0.25) is 5.91 Å². The summed E-state index contributed by atoms with van der Waals surface area (Å²) in [6.45, 7) is 1.57. The summed E-state index contributed by atoms with van der Waals surface area (Å²) in [5.41, 5.74) is 1.04. The van der Waals surface area contributed by atoms with Crippen molar-refractivity contribution in [3.8, 4) is 0 Å². The second-order valence-electron chi connectivity index (χ2n) is 4.90.